The van der Waals surface area contributed by atoms with E-state index < -0.39 is 0 Å². The van der Waals surface area contributed by atoms with E-state index in [9.17, 15) is 4.79 Å². The highest BCUT2D eigenvalue weighted by molar-refractivity contribution is 6.02. The average molecular weight is 219 g/mol. The average Bonchev–Trinajstić information content (AvgIpc) is 2.86. The topological polar surface area (TPSA) is 75.6 Å². The molecule has 2 aromatic heterocycles. The minimum absolute atomic E-state index is 0.201. The van der Waals surface area contributed by atoms with Crippen molar-refractivity contribution in [2.24, 2.45) is 0 Å². The van der Waals surface area contributed by atoms with Gasteiger partial charge >= 0.3 is 0 Å². The molecule has 0 aliphatic carbocycles. The molecule has 0 saturated carbocycles. The summed E-state index contributed by atoms with van der Waals surface area (Å²) in [6.45, 7) is 4.00. The van der Waals surface area contributed by atoms with Crippen LogP contribution in [0, 0.1) is 0 Å². The van der Waals surface area contributed by atoms with E-state index in [0.29, 0.717) is 11.5 Å². The fourth-order valence-electron chi connectivity index (χ4n) is 1.39. The number of aromatic amines is 1. The van der Waals surface area contributed by atoms with Gasteiger partial charge < -0.3 is 5.32 Å². The van der Waals surface area contributed by atoms with Crippen molar-refractivity contribution in [2.45, 2.75) is 19.9 Å². The van der Waals surface area contributed by atoms with Gasteiger partial charge in [-0.05, 0) is 19.9 Å². The molecule has 0 saturated heterocycles. The van der Waals surface area contributed by atoms with Crippen molar-refractivity contribution in [2.75, 3.05) is 5.32 Å². The zero-order valence-corrected chi connectivity index (χ0v) is 9.14. The summed E-state index contributed by atoms with van der Waals surface area (Å²) in [7, 11) is 0. The summed E-state index contributed by atoms with van der Waals surface area (Å²) < 4.78 is 1.74. The van der Waals surface area contributed by atoms with Crippen LogP contribution < -0.4 is 5.32 Å². The summed E-state index contributed by atoms with van der Waals surface area (Å²) in [6.07, 6.45) is 3.19. The molecule has 0 spiro atoms. The number of nitrogens with one attached hydrogen (secondary N) is 2. The first-order valence-electron chi connectivity index (χ1n) is 5.02. The van der Waals surface area contributed by atoms with Crippen molar-refractivity contribution in [1.29, 1.82) is 0 Å². The van der Waals surface area contributed by atoms with Gasteiger partial charge in [-0.2, -0.15) is 10.2 Å². The van der Waals surface area contributed by atoms with Gasteiger partial charge in [0.05, 0.1) is 6.20 Å². The van der Waals surface area contributed by atoms with Crippen molar-refractivity contribution in [3.63, 3.8) is 0 Å². The molecule has 2 rings (SSSR count). The zero-order chi connectivity index (χ0) is 11.5. The third kappa shape index (κ3) is 1.95. The molecular formula is C10H13N5O. The van der Waals surface area contributed by atoms with Crippen molar-refractivity contribution >= 4 is 11.7 Å². The molecule has 0 radical (unpaired) electrons. The molecule has 6 heteroatoms. The van der Waals surface area contributed by atoms with Gasteiger partial charge in [0.25, 0.3) is 5.91 Å². The lowest BCUT2D eigenvalue weighted by molar-refractivity contribution is 0.102. The van der Waals surface area contributed by atoms with E-state index >= 15 is 0 Å². The summed E-state index contributed by atoms with van der Waals surface area (Å²) in [5.41, 5.74) is 0.427. The number of H-pyrrole nitrogens is 1. The molecule has 0 bridgehead atoms. The fourth-order valence-corrected chi connectivity index (χ4v) is 1.39. The van der Waals surface area contributed by atoms with Crippen LogP contribution in [0.15, 0.2) is 24.5 Å². The second-order valence-corrected chi connectivity index (χ2v) is 3.68. The number of amides is 1. The SMILES string of the molecule is CC(C)n1nccc1NC(=O)c1ccn[nH]1. The quantitative estimate of drug-likeness (QED) is 0.820. The third-order valence-corrected chi connectivity index (χ3v) is 2.15. The molecule has 2 aromatic rings. The minimum atomic E-state index is -0.222. The summed E-state index contributed by atoms with van der Waals surface area (Å²) in [6, 6.07) is 3.58. The number of nitrogens with zero attached hydrogens (tertiary/aromatic N) is 3. The second-order valence-electron chi connectivity index (χ2n) is 3.68. The Morgan fingerprint density at radius 3 is 2.88 bits per heavy atom. The molecule has 0 atom stereocenters. The number of hydrogen-bond acceptors (Lipinski definition) is 3. The van der Waals surface area contributed by atoms with Crippen molar-refractivity contribution in [3.05, 3.63) is 30.2 Å². The number of aromatic nitrogens is 4. The van der Waals surface area contributed by atoms with E-state index in [1.165, 1.54) is 6.20 Å². The molecule has 0 fully saturated rings. The van der Waals surface area contributed by atoms with Crippen molar-refractivity contribution in [1.82, 2.24) is 20.0 Å². The van der Waals surface area contributed by atoms with Gasteiger partial charge in [-0.25, -0.2) is 4.68 Å². The number of carbonyl (C=O) groups is 1. The van der Waals surface area contributed by atoms with Crippen LogP contribution in [0.2, 0.25) is 0 Å². The Hall–Kier alpha value is -2.11. The highest BCUT2D eigenvalue weighted by Crippen LogP contribution is 2.13. The molecule has 0 aliphatic rings. The van der Waals surface area contributed by atoms with Gasteiger partial charge in [-0.15, -0.1) is 0 Å². The maximum Gasteiger partial charge on any atom is 0.274 e. The Morgan fingerprint density at radius 2 is 2.25 bits per heavy atom. The smallest absolute Gasteiger partial charge is 0.274 e. The first-order valence-corrected chi connectivity index (χ1v) is 5.02. The minimum Gasteiger partial charge on any atom is -0.305 e. The Morgan fingerprint density at radius 1 is 1.44 bits per heavy atom. The predicted octanol–water partition coefficient (Wildman–Crippen LogP) is 1.44. The molecule has 2 heterocycles. The zero-order valence-electron chi connectivity index (χ0n) is 9.14. The molecule has 0 aliphatic heterocycles. The van der Waals surface area contributed by atoms with Crippen LogP contribution in [0.3, 0.4) is 0 Å². The van der Waals surface area contributed by atoms with E-state index in [-0.39, 0.29) is 11.9 Å². The second kappa shape index (κ2) is 4.18. The molecule has 84 valence electrons. The van der Waals surface area contributed by atoms with Crippen LogP contribution in [0.4, 0.5) is 5.82 Å². The van der Waals surface area contributed by atoms with E-state index in [0.717, 1.165) is 0 Å². The molecular weight excluding hydrogens is 206 g/mol. The molecule has 0 unspecified atom stereocenters. The molecule has 1 amide bonds. The highest BCUT2D eigenvalue weighted by atomic mass is 16.2. The van der Waals surface area contributed by atoms with Crippen LogP contribution in [0.25, 0.3) is 0 Å². The van der Waals surface area contributed by atoms with Gasteiger partial charge in [-0.3, -0.25) is 9.89 Å². The summed E-state index contributed by atoms with van der Waals surface area (Å²) >= 11 is 0. The number of carbonyl (C=O) groups excluding carboxylic acids is 1. The Labute approximate surface area is 92.7 Å². The van der Waals surface area contributed by atoms with Crippen LogP contribution >= 0.6 is 0 Å². The normalized spacial score (nSPS) is 10.7. The first kappa shape index (κ1) is 10.4. The molecule has 6 nitrogen and oxygen atoms in total. The van der Waals surface area contributed by atoms with Crippen LogP contribution in [-0.4, -0.2) is 25.9 Å². The summed E-state index contributed by atoms with van der Waals surface area (Å²) in [5, 5.41) is 13.2. The monoisotopic (exact) mass is 219 g/mol. The lowest BCUT2D eigenvalue weighted by atomic mass is 10.4. The van der Waals surface area contributed by atoms with Gasteiger partial charge in [0, 0.05) is 18.3 Å². The number of anilines is 1. The van der Waals surface area contributed by atoms with Crippen LogP contribution in [0.1, 0.15) is 30.4 Å². The van der Waals surface area contributed by atoms with E-state index in [1.54, 1.807) is 23.0 Å². The van der Waals surface area contributed by atoms with Gasteiger partial charge in [-0.1, -0.05) is 0 Å². The predicted molar refractivity (Wildman–Crippen MR) is 59.2 cm³/mol. The van der Waals surface area contributed by atoms with Gasteiger partial charge in [0.2, 0.25) is 0 Å². The Balaban J connectivity index is 2.15. The van der Waals surface area contributed by atoms with Crippen molar-refractivity contribution < 1.29 is 4.79 Å². The Bertz CT molecular complexity index is 471. The standard InChI is InChI=1S/C10H13N5O/c1-7(2)15-9(4-6-12-15)13-10(16)8-3-5-11-14-8/h3-7H,1-2H3,(H,11,14)(H,13,16). The van der Waals surface area contributed by atoms with Gasteiger partial charge in [0.15, 0.2) is 0 Å². The number of hydrogen-bond donors (Lipinski definition) is 2. The van der Waals surface area contributed by atoms with Crippen LogP contribution in [0.5, 0.6) is 0 Å². The van der Waals surface area contributed by atoms with Gasteiger partial charge in [0.1, 0.15) is 11.5 Å². The van der Waals surface area contributed by atoms with E-state index in [2.05, 4.69) is 20.6 Å². The summed E-state index contributed by atoms with van der Waals surface area (Å²) in [4.78, 5) is 11.7. The molecule has 2 N–H and O–H groups in total. The fraction of sp³-hybridized carbons (Fsp3) is 0.300. The lowest BCUT2D eigenvalue weighted by Crippen LogP contribution is -2.17. The lowest BCUT2D eigenvalue weighted by Gasteiger charge is -2.10. The van der Waals surface area contributed by atoms with Crippen LogP contribution in [-0.2, 0) is 0 Å². The largest absolute Gasteiger partial charge is 0.305 e. The van der Waals surface area contributed by atoms with Crippen molar-refractivity contribution in [3.8, 4) is 0 Å². The maximum atomic E-state index is 11.7. The Kier molecular flexibility index (Phi) is 2.72. The molecule has 16 heavy (non-hydrogen) atoms. The summed E-state index contributed by atoms with van der Waals surface area (Å²) in [5.74, 6) is 0.453. The first-order chi connectivity index (χ1) is 7.68. The highest BCUT2D eigenvalue weighted by Gasteiger charge is 2.11. The van der Waals surface area contributed by atoms with E-state index in [4.69, 9.17) is 0 Å². The molecule has 0 aromatic carbocycles. The maximum absolute atomic E-state index is 11.7. The third-order valence-electron chi connectivity index (χ3n) is 2.15. The number of rotatable bonds is 3. The van der Waals surface area contributed by atoms with E-state index in [1.807, 2.05) is 13.8 Å².